The third-order valence-electron chi connectivity index (χ3n) is 2.14. The third-order valence-corrected chi connectivity index (χ3v) is 3.55. The number of rotatable bonds is 5. The molecule has 0 aromatic heterocycles. The van der Waals surface area contributed by atoms with Crippen LogP contribution >= 0.6 is 11.8 Å². The van der Waals surface area contributed by atoms with Gasteiger partial charge in [-0.2, -0.15) is 11.8 Å². The molecule has 1 aromatic rings. The van der Waals surface area contributed by atoms with Crippen molar-refractivity contribution in [2.24, 2.45) is 5.73 Å². The quantitative estimate of drug-likeness (QED) is 0.805. The third kappa shape index (κ3) is 4.69. The van der Waals surface area contributed by atoms with E-state index in [4.69, 9.17) is 10.8 Å². The standard InChI is InChI=1S/C12H19NOS/c1-10-4-3-5-11(6-10)7-15-9-12(2,13)8-14/h3-6,14H,7-9,13H2,1-2H3. The summed E-state index contributed by atoms with van der Waals surface area (Å²) >= 11 is 1.76. The van der Waals surface area contributed by atoms with E-state index in [9.17, 15) is 0 Å². The zero-order valence-electron chi connectivity index (χ0n) is 9.36. The van der Waals surface area contributed by atoms with Crippen molar-refractivity contribution in [3.63, 3.8) is 0 Å². The molecule has 0 spiro atoms. The van der Waals surface area contributed by atoms with Crippen LogP contribution in [0.1, 0.15) is 18.1 Å². The van der Waals surface area contributed by atoms with Crippen LogP contribution in [-0.2, 0) is 5.75 Å². The van der Waals surface area contributed by atoms with E-state index in [2.05, 4.69) is 31.2 Å². The highest BCUT2D eigenvalue weighted by molar-refractivity contribution is 7.98. The lowest BCUT2D eigenvalue weighted by Gasteiger charge is -2.20. The fraction of sp³-hybridized carbons (Fsp3) is 0.500. The van der Waals surface area contributed by atoms with E-state index >= 15 is 0 Å². The first-order valence-corrected chi connectivity index (χ1v) is 6.22. The Morgan fingerprint density at radius 2 is 2.20 bits per heavy atom. The molecule has 1 unspecified atom stereocenters. The van der Waals surface area contributed by atoms with Crippen LogP contribution in [0.25, 0.3) is 0 Å². The summed E-state index contributed by atoms with van der Waals surface area (Å²) < 4.78 is 0. The van der Waals surface area contributed by atoms with Crippen molar-refractivity contribution in [3.05, 3.63) is 35.4 Å². The highest BCUT2D eigenvalue weighted by Crippen LogP contribution is 2.17. The van der Waals surface area contributed by atoms with Gasteiger partial charge in [0.15, 0.2) is 0 Å². The maximum atomic E-state index is 9.00. The number of aliphatic hydroxyl groups is 1. The Kier molecular flexibility index (Phi) is 4.64. The fourth-order valence-electron chi connectivity index (χ4n) is 1.25. The summed E-state index contributed by atoms with van der Waals surface area (Å²) in [5.41, 5.74) is 7.97. The molecule has 1 aromatic carbocycles. The Hall–Kier alpha value is -0.510. The van der Waals surface area contributed by atoms with Gasteiger partial charge in [0, 0.05) is 17.0 Å². The van der Waals surface area contributed by atoms with E-state index in [0.29, 0.717) is 0 Å². The van der Waals surface area contributed by atoms with Crippen LogP contribution in [0.2, 0.25) is 0 Å². The van der Waals surface area contributed by atoms with E-state index in [1.54, 1.807) is 11.8 Å². The van der Waals surface area contributed by atoms with Crippen LogP contribution in [0.4, 0.5) is 0 Å². The first-order valence-electron chi connectivity index (χ1n) is 5.06. The SMILES string of the molecule is Cc1cccc(CSCC(C)(N)CO)c1. The Balaban J connectivity index is 2.38. The molecule has 3 heteroatoms. The predicted molar refractivity (Wildman–Crippen MR) is 67.0 cm³/mol. The molecule has 0 aliphatic rings. The monoisotopic (exact) mass is 225 g/mol. The lowest BCUT2D eigenvalue weighted by Crippen LogP contribution is -2.42. The molecule has 1 atom stereocenters. The summed E-state index contributed by atoms with van der Waals surface area (Å²) in [6.45, 7) is 4.00. The highest BCUT2D eigenvalue weighted by atomic mass is 32.2. The molecular weight excluding hydrogens is 206 g/mol. The van der Waals surface area contributed by atoms with Crippen molar-refractivity contribution in [2.45, 2.75) is 25.1 Å². The molecule has 0 saturated heterocycles. The van der Waals surface area contributed by atoms with Gasteiger partial charge in [0.2, 0.25) is 0 Å². The molecule has 84 valence electrons. The molecule has 0 heterocycles. The molecule has 0 saturated carbocycles. The summed E-state index contributed by atoms with van der Waals surface area (Å²) in [5.74, 6) is 1.73. The number of hydrogen-bond acceptors (Lipinski definition) is 3. The van der Waals surface area contributed by atoms with Gasteiger partial charge in [-0.15, -0.1) is 0 Å². The lowest BCUT2D eigenvalue weighted by atomic mass is 10.1. The van der Waals surface area contributed by atoms with Crippen molar-refractivity contribution in [1.29, 1.82) is 0 Å². The number of aryl methyl sites for hydroxylation is 1. The molecule has 2 nitrogen and oxygen atoms in total. The molecule has 0 aliphatic carbocycles. The minimum atomic E-state index is -0.464. The summed E-state index contributed by atoms with van der Waals surface area (Å²) in [4.78, 5) is 0. The maximum Gasteiger partial charge on any atom is 0.0616 e. The minimum Gasteiger partial charge on any atom is -0.394 e. The van der Waals surface area contributed by atoms with E-state index in [0.717, 1.165) is 11.5 Å². The van der Waals surface area contributed by atoms with E-state index < -0.39 is 5.54 Å². The van der Waals surface area contributed by atoms with Gasteiger partial charge in [-0.1, -0.05) is 29.8 Å². The molecule has 0 fully saturated rings. The summed E-state index contributed by atoms with van der Waals surface area (Å²) in [7, 11) is 0. The highest BCUT2D eigenvalue weighted by Gasteiger charge is 2.16. The number of aliphatic hydroxyl groups excluding tert-OH is 1. The van der Waals surface area contributed by atoms with Gasteiger partial charge in [-0.25, -0.2) is 0 Å². The largest absolute Gasteiger partial charge is 0.394 e. The zero-order valence-corrected chi connectivity index (χ0v) is 10.2. The average molecular weight is 225 g/mol. The second-order valence-electron chi connectivity index (χ2n) is 4.29. The molecule has 1 rings (SSSR count). The Morgan fingerprint density at radius 3 is 2.80 bits per heavy atom. The first-order chi connectivity index (χ1) is 7.03. The minimum absolute atomic E-state index is 0.0355. The topological polar surface area (TPSA) is 46.2 Å². The van der Waals surface area contributed by atoms with E-state index in [-0.39, 0.29) is 6.61 Å². The predicted octanol–water partition coefficient (Wildman–Crippen LogP) is 1.94. The van der Waals surface area contributed by atoms with Crippen LogP contribution in [0.3, 0.4) is 0 Å². The van der Waals surface area contributed by atoms with Crippen LogP contribution in [-0.4, -0.2) is 23.0 Å². The molecule has 0 bridgehead atoms. The average Bonchev–Trinajstić information content (AvgIpc) is 2.18. The first kappa shape index (κ1) is 12.6. The van der Waals surface area contributed by atoms with Gasteiger partial charge in [0.25, 0.3) is 0 Å². The van der Waals surface area contributed by atoms with Crippen molar-refractivity contribution in [3.8, 4) is 0 Å². The van der Waals surface area contributed by atoms with Gasteiger partial charge in [-0.3, -0.25) is 0 Å². The maximum absolute atomic E-state index is 9.00. The molecular formula is C12H19NOS. The second kappa shape index (κ2) is 5.54. The number of thioether (sulfide) groups is 1. The van der Waals surface area contributed by atoms with Crippen molar-refractivity contribution < 1.29 is 5.11 Å². The molecule has 0 radical (unpaired) electrons. The summed E-state index contributed by atoms with van der Waals surface area (Å²) in [6.07, 6.45) is 0. The smallest absolute Gasteiger partial charge is 0.0616 e. The van der Waals surface area contributed by atoms with Gasteiger partial charge < -0.3 is 10.8 Å². The Bertz CT molecular complexity index is 312. The van der Waals surface area contributed by atoms with Gasteiger partial charge >= 0.3 is 0 Å². The Morgan fingerprint density at radius 1 is 1.47 bits per heavy atom. The van der Waals surface area contributed by atoms with Crippen LogP contribution in [0.5, 0.6) is 0 Å². The van der Waals surface area contributed by atoms with Crippen LogP contribution in [0, 0.1) is 6.92 Å². The van der Waals surface area contributed by atoms with Crippen molar-refractivity contribution in [1.82, 2.24) is 0 Å². The van der Waals surface area contributed by atoms with E-state index in [1.807, 2.05) is 6.92 Å². The Labute approximate surface area is 95.9 Å². The lowest BCUT2D eigenvalue weighted by molar-refractivity contribution is 0.224. The number of benzene rings is 1. The number of nitrogens with two attached hydrogens (primary N) is 1. The zero-order chi connectivity index (χ0) is 11.3. The van der Waals surface area contributed by atoms with E-state index in [1.165, 1.54) is 11.1 Å². The second-order valence-corrected chi connectivity index (χ2v) is 5.28. The normalized spacial score (nSPS) is 14.9. The van der Waals surface area contributed by atoms with Crippen molar-refractivity contribution in [2.75, 3.05) is 12.4 Å². The van der Waals surface area contributed by atoms with Gasteiger partial charge in [-0.05, 0) is 19.4 Å². The molecule has 3 N–H and O–H groups in total. The number of hydrogen-bond donors (Lipinski definition) is 2. The molecule has 0 amide bonds. The van der Waals surface area contributed by atoms with Gasteiger partial charge in [0.1, 0.15) is 0 Å². The van der Waals surface area contributed by atoms with Crippen LogP contribution < -0.4 is 5.73 Å². The fourth-order valence-corrected chi connectivity index (χ4v) is 2.32. The van der Waals surface area contributed by atoms with Crippen LogP contribution in [0.15, 0.2) is 24.3 Å². The summed E-state index contributed by atoms with van der Waals surface area (Å²) in [6, 6.07) is 8.46. The van der Waals surface area contributed by atoms with Gasteiger partial charge in [0.05, 0.1) is 6.61 Å². The molecule has 0 aliphatic heterocycles. The molecule has 15 heavy (non-hydrogen) atoms. The van der Waals surface area contributed by atoms with Crippen molar-refractivity contribution >= 4 is 11.8 Å². The summed E-state index contributed by atoms with van der Waals surface area (Å²) in [5, 5.41) is 9.00.